The van der Waals surface area contributed by atoms with Crippen molar-refractivity contribution in [3.05, 3.63) is 57.9 Å². The first-order chi connectivity index (χ1) is 12.4. The fraction of sp³-hybridized carbons (Fsp3) is 0.429. The number of ether oxygens (including phenoxy) is 1. The minimum absolute atomic E-state index is 0.0290. The van der Waals surface area contributed by atoms with Crippen molar-refractivity contribution in [3.63, 3.8) is 0 Å². The van der Waals surface area contributed by atoms with E-state index in [4.69, 9.17) is 4.74 Å². The summed E-state index contributed by atoms with van der Waals surface area (Å²) in [6.45, 7) is 3.98. The van der Waals surface area contributed by atoms with Crippen LogP contribution in [0.25, 0.3) is 0 Å². The number of H-pyrrole nitrogens is 1. The molecule has 0 fully saturated rings. The standard InChI is InChI=1S/C21H26N2O3/c1-13-19(21(25)26-4)14(2)22-20(13)18(24)12-23(3)17-11-7-9-15-8-5-6-10-16(15)17/h5-6,8,10,17,22H,7,9,11-12H2,1-4H3/p+1/t17-/m0/s1. The van der Waals surface area contributed by atoms with Crippen molar-refractivity contribution in [2.45, 2.75) is 39.2 Å². The number of rotatable bonds is 5. The molecule has 0 saturated carbocycles. The molecule has 3 rings (SSSR count). The van der Waals surface area contributed by atoms with Crippen LogP contribution in [0.2, 0.25) is 0 Å². The summed E-state index contributed by atoms with van der Waals surface area (Å²) in [6.07, 6.45) is 3.36. The Labute approximate surface area is 154 Å². The van der Waals surface area contributed by atoms with Gasteiger partial charge in [0.2, 0.25) is 5.78 Å². The number of nitrogens with one attached hydrogen (secondary N) is 2. The zero-order valence-corrected chi connectivity index (χ0v) is 15.9. The van der Waals surface area contributed by atoms with Gasteiger partial charge in [-0.3, -0.25) is 4.79 Å². The quantitative estimate of drug-likeness (QED) is 0.638. The second-order valence-electron chi connectivity index (χ2n) is 7.21. The van der Waals surface area contributed by atoms with E-state index in [9.17, 15) is 9.59 Å². The Hall–Kier alpha value is -2.40. The van der Waals surface area contributed by atoms with Gasteiger partial charge in [-0.05, 0) is 37.8 Å². The molecule has 1 heterocycles. The molecule has 2 aromatic rings. The molecular formula is C21H27N2O3+. The first kappa shape index (κ1) is 18.4. The molecule has 1 unspecified atom stereocenters. The van der Waals surface area contributed by atoms with E-state index in [0.29, 0.717) is 35.1 Å². The largest absolute Gasteiger partial charge is 0.465 e. The number of carbonyl (C=O) groups excluding carboxylic acids is 2. The Bertz CT molecular complexity index is 838. The molecule has 1 aliphatic rings. The topological polar surface area (TPSA) is 63.6 Å². The molecule has 1 aromatic carbocycles. The molecule has 0 amide bonds. The maximum absolute atomic E-state index is 12.9. The summed E-state index contributed by atoms with van der Waals surface area (Å²) in [7, 11) is 3.44. The highest BCUT2D eigenvalue weighted by Crippen LogP contribution is 2.27. The Morgan fingerprint density at radius 3 is 2.73 bits per heavy atom. The number of hydrogen-bond acceptors (Lipinski definition) is 3. The first-order valence-corrected chi connectivity index (χ1v) is 9.14. The van der Waals surface area contributed by atoms with Gasteiger partial charge in [0, 0.05) is 17.7 Å². The van der Waals surface area contributed by atoms with Crippen molar-refractivity contribution in [2.75, 3.05) is 20.7 Å². The fourth-order valence-corrected chi connectivity index (χ4v) is 4.17. The van der Waals surface area contributed by atoms with Crippen molar-refractivity contribution in [1.82, 2.24) is 4.98 Å². The van der Waals surface area contributed by atoms with Crippen LogP contribution in [-0.4, -0.2) is 37.4 Å². The minimum Gasteiger partial charge on any atom is -0.465 e. The summed E-state index contributed by atoms with van der Waals surface area (Å²) in [5.74, 6) is -0.376. The Morgan fingerprint density at radius 2 is 2.00 bits per heavy atom. The van der Waals surface area contributed by atoms with Gasteiger partial charge in [0.1, 0.15) is 12.6 Å². The van der Waals surface area contributed by atoms with Crippen molar-refractivity contribution < 1.29 is 19.2 Å². The number of aryl methyl sites for hydroxylation is 2. The third kappa shape index (κ3) is 3.31. The van der Waals surface area contributed by atoms with E-state index >= 15 is 0 Å². The second kappa shape index (κ2) is 7.46. The lowest BCUT2D eigenvalue weighted by Gasteiger charge is -2.30. The van der Waals surface area contributed by atoms with Gasteiger partial charge < -0.3 is 14.6 Å². The third-order valence-electron chi connectivity index (χ3n) is 5.51. The van der Waals surface area contributed by atoms with Crippen LogP contribution in [0, 0.1) is 13.8 Å². The van der Waals surface area contributed by atoms with E-state index in [2.05, 4.69) is 36.3 Å². The molecule has 2 N–H and O–H groups in total. The highest BCUT2D eigenvalue weighted by Gasteiger charge is 2.30. The van der Waals surface area contributed by atoms with Gasteiger partial charge in [-0.1, -0.05) is 24.3 Å². The summed E-state index contributed by atoms with van der Waals surface area (Å²) >= 11 is 0. The zero-order chi connectivity index (χ0) is 18.8. The number of aromatic nitrogens is 1. The smallest absolute Gasteiger partial charge is 0.339 e. The molecular weight excluding hydrogens is 328 g/mol. The number of benzene rings is 1. The van der Waals surface area contributed by atoms with Crippen LogP contribution >= 0.6 is 0 Å². The number of fused-ring (bicyclic) bond motifs is 1. The fourth-order valence-electron chi connectivity index (χ4n) is 4.17. The van der Waals surface area contributed by atoms with Crippen LogP contribution in [0.4, 0.5) is 0 Å². The molecule has 0 aliphatic heterocycles. The highest BCUT2D eigenvalue weighted by molar-refractivity contribution is 6.01. The van der Waals surface area contributed by atoms with Gasteiger partial charge in [0.05, 0.1) is 25.4 Å². The highest BCUT2D eigenvalue weighted by atomic mass is 16.5. The third-order valence-corrected chi connectivity index (χ3v) is 5.51. The predicted octanol–water partition coefficient (Wildman–Crippen LogP) is 2.19. The molecule has 26 heavy (non-hydrogen) atoms. The molecule has 138 valence electrons. The summed E-state index contributed by atoms with van der Waals surface area (Å²) in [4.78, 5) is 29.1. The maximum atomic E-state index is 12.9. The monoisotopic (exact) mass is 355 g/mol. The predicted molar refractivity (Wildman–Crippen MR) is 99.8 cm³/mol. The lowest BCUT2D eigenvalue weighted by Crippen LogP contribution is -3.10. The lowest BCUT2D eigenvalue weighted by atomic mass is 9.87. The number of hydrogen-bond donors (Lipinski definition) is 2. The first-order valence-electron chi connectivity index (χ1n) is 9.14. The van der Waals surface area contributed by atoms with Gasteiger partial charge in [-0.15, -0.1) is 0 Å². The minimum atomic E-state index is -0.405. The van der Waals surface area contributed by atoms with Gasteiger partial charge in [0.15, 0.2) is 0 Å². The van der Waals surface area contributed by atoms with Crippen molar-refractivity contribution in [1.29, 1.82) is 0 Å². The number of aromatic amines is 1. The maximum Gasteiger partial charge on any atom is 0.339 e. The van der Waals surface area contributed by atoms with Crippen LogP contribution in [0.15, 0.2) is 24.3 Å². The lowest BCUT2D eigenvalue weighted by molar-refractivity contribution is -0.904. The molecule has 5 nitrogen and oxygen atoms in total. The molecule has 0 saturated heterocycles. The van der Waals surface area contributed by atoms with Crippen molar-refractivity contribution in [2.24, 2.45) is 0 Å². The van der Waals surface area contributed by atoms with Crippen LogP contribution in [-0.2, 0) is 11.2 Å². The Morgan fingerprint density at radius 1 is 1.27 bits per heavy atom. The number of ketones is 1. The van der Waals surface area contributed by atoms with Gasteiger partial charge in [-0.25, -0.2) is 4.79 Å². The number of likely N-dealkylation sites (N-methyl/N-ethyl adjacent to an activating group) is 1. The molecule has 0 spiro atoms. The van der Waals surface area contributed by atoms with E-state index in [1.165, 1.54) is 23.1 Å². The summed E-state index contributed by atoms with van der Waals surface area (Å²) in [6, 6.07) is 8.87. The molecule has 1 aromatic heterocycles. The van der Waals surface area contributed by atoms with Crippen LogP contribution in [0.1, 0.15) is 62.1 Å². The van der Waals surface area contributed by atoms with E-state index < -0.39 is 5.97 Å². The number of carbonyl (C=O) groups is 2. The van der Waals surface area contributed by atoms with E-state index in [-0.39, 0.29) is 5.78 Å². The van der Waals surface area contributed by atoms with Crippen LogP contribution in [0.5, 0.6) is 0 Å². The Balaban J connectivity index is 1.80. The van der Waals surface area contributed by atoms with Gasteiger partial charge in [-0.2, -0.15) is 0 Å². The number of esters is 1. The summed E-state index contributed by atoms with van der Waals surface area (Å²) in [5.41, 5.74) is 5.10. The molecule has 5 heteroatoms. The molecule has 1 aliphatic carbocycles. The van der Waals surface area contributed by atoms with Crippen LogP contribution < -0.4 is 4.90 Å². The second-order valence-corrected chi connectivity index (χ2v) is 7.21. The van der Waals surface area contributed by atoms with Gasteiger partial charge in [0.25, 0.3) is 0 Å². The summed E-state index contributed by atoms with van der Waals surface area (Å²) < 4.78 is 4.83. The van der Waals surface area contributed by atoms with E-state index in [1.54, 1.807) is 13.8 Å². The molecule has 2 atom stereocenters. The SMILES string of the molecule is COC(=O)c1c(C)[nH]c(C(=O)C[NH+](C)[C@H]2CCCc3ccccc32)c1C. The number of Topliss-reactive ketones (excluding diaryl/α,β-unsaturated/α-hetero) is 1. The average Bonchev–Trinajstić information content (AvgIpc) is 2.95. The van der Waals surface area contributed by atoms with Crippen LogP contribution in [0.3, 0.4) is 0 Å². The number of quaternary nitrogens is 1. The average molecular weight is 355 g/mol. The Kier molecular flexibility index (Phi) is 5.28. The van der Waals surface area contributed by atoms with E-state index in [0.717, 1.165) is 19.3 Å². The summed E-state index contributed by atoms with van der Waals surface area (Å²) in [5, 5.41) is 0. The molecule has 0 bridgehead atoms. The van der Waals surface area contributed by atoms with E-state index in [1.807, 2.05) is 0 Å². The molecule has 0 radical (unpaired) electrons. The van der Waals surface area contributed by atoms with Crippen molar-refractivity contribution in [3.8, 4) is 0 Å². The zero-order valence-electron chi connectivity index (χ0n) is 15.9. The normalized spacial score (nSPS) is 17.5. The van der Waals surface area contributed by atoms with Crippen molar-refractivity contribution >= 4 is 11.8 Å². The van der Waals surface area contributed by atoms with Gasteiger partial charge >= 0.3 is 5.97 Å². The number of methoxy groups -OCH3 is 1.